The molecule has 1 fully saturated rings. The Morgan fingerprint density at radius 1 is 1.38 bits per heavy atom. The summed E-state index contributed by atoms with van der Waals surface area (Å²) in [5.74, 6) is -0.462. The van der Waals surface area contributed by atoms with Gasteiger partial charge in [-0.05, 0) is 38.3 Å². The number of nitrogens with one attached hydrogen (secondary N) is 1. The maximum absolute atomic E-state index is 13.5. The SMILES string of the molecule is CC(=NC1CC1)Nc1c(C)cc(F)cc1F. The molecule has 0 atom stereocenters. The summed E-state index contributed by atoms with van der Waals surface area (Å²) in [6, 6.07) is 2.56. The molecular weight excluding hydrogens is 210 g/mol. The number of hydrogen-bond acceptors (Lipinski definition) is 1. The van der Waals surface area contributed by atoms with Gasteiger partial charge in [0, 0.05) is 6.07 Å². The predicted molar refractivity (Wildman–Crippen MR) is 60.8 cm³/mol. The van der Waals surface area contributed by atoms with Gasteiger partial charge < -0.3 is 5.32 Å². The van der Waals surface area contributed by atoms with Gasteiger partial charge in [0.2, 0.25) is 0 Å². The van der Waals surface area contributed by atoms with E-state index in [1.165, 1.54) is 6.07 Å². The first-order valence-electron chi connectivity index (χ1n) is 5.33. The molecule has 1 aromatic carbocycles. The van der Waals surface area contributed by atoms with Gasteiger partial charge in [-0.15, -0.1) is 0 Å². The molecule has 0 spiro atoms. The topological polar surface area (TPSA) is 24.4 Å². The molecule has 1 saturated carbocycles. The molecule has 86 valence electrons. The fourth-order valence-electron chi connectivity index (χ4n) is 1.55. The minimum Gasteiger partial charge on any atom is -0.342 e. The summed E-state index contributed by atoms with van der Waals surface area (Å²) < 4.78 is 26.3. The van der Waals surface area contributed by atoms with Crippen LogP contribution in [-0.4, -0.2) is 11.9 Å². The van der Waals surface area contributed by atoms with Crippen LogP contribution in [0.3, 0.4) is 0 Å². The molecule has 0 heterocycles. The lowest BCUT2D eigenvalue weighted by molar-refractivity contribution is 0.584. The van der Waals surface area contributed by atoms with E-state index in [4.69, 9.17) is 0 Å². The van der Waals surface area contributed by atoms with Gasteiger partial charge >= 0.3 is 0 Å². The highest BCUT2D eigenvalue weighted by atomic mass is 19.1. The first-order valence-corrected chi connectivity index (χ1v) is 5.33. The van der Waals surface area contributed by atoms with Gasteiger partial charge in [-0.25, -0.2) is 8.78 Å². The number of rotatable bonds is 2. The lowest BCUT2D eigenvalue weighted by Crippen LogP contribution is -2.11. The Bertz CT molecular complexity index is 414. The Morgan fingerprint density at radius 2 is 2.06 bits per heavy atom. The van der Waals surface area contributed by atoms with Gasteiger partial charge in [-0.3, -0.25) is 4.99 Å². The molecule has 0 aromatic heterocycles. The third-order valence-corrected chi connectivity index (χ3v) is 2.48. The highest BCUT2D eigenvalue weighted by Crippen LogP contribution is 2.25. The molecule has 1 N–H and O–H groups in total. The Kier molecular flexibility index (Phi) is 2.90. The summed E-state index contributed by atoms with van der Waals surface area (Å²) in [6.07, 6.45) is 2.20. The number of anilines is 1. The number of hydrogen-bond donors (Lipinski definition) is 1. The zero-order valence-electron chi connectivity index (χ0n) is 9.35. The molecule has 2 rings (SSSR count). The maximum atomic E-state index is 13.5. The lowest BCUT2D eigenvalue weighted by Gasteiger charge is -2.10. The standard InChI is InChI=1S/C12H14F2N2/c1-7-5-9(13)6-11(14)12(7)16-8(2)15-10-3-4-10/h5-6,10H,3-4H2,1-2H3,(H,15,16). The molecule has 1 aliphatic carbocycles. The minimum absolute atomic E-state index is 0.309. The van der Waals surface area contributed by atoms with Gasteiger partial charge in [-0.1, -0.05) is 0 Å². The summed E-state index contributed by atoms with van der Waals surface area (Å²) in [4.78, 5) is 4.33. The normalized spacial score (nSPS) is 16.4. The number of halogens is 2. The number of aliphatic imine (C=N–C) groups is 1. The van der Waals surface area contributed by atoms with Crippen molar-refractivity contribution in [2.24, 2.45) is 4.99 Å². The van der Waals surface area contributed by atoms with Crippen LogP contribution in [0, 0.1) is 18.6 Å². The van der Waals surface area contributed by atoms with Gasteiger partial charge in [0.05, 0.1) is 17.6 Å². The summed E-state index contributed by atoms with van der Waals surface area (Å²) in [5, 5.41) is 2.89. The van der Waals surface area contributed by atoms with E-state index < -0.39 is 11.6 Å². The molecule has 16 heavy (non-hydrogen) atoms. The maximum Gasteiger partial charge on any atom is 0.149 e. The first kappa shape index (κ1) is 11.0. The van der Waals surface area contributed by atoms with Crippen LogP contribution < -0.4 is 5.32 Å². The Morgan fingerprint density at radius 3 is 2.62 bits per heavy atom. The van der Waals surface area contributed by atoms with Crippen molar-refractivity contribution in [1.82, 2.24) is 0 Å². The van der Waals surface area contributed by atoms with E-state index in [0.29, 0.717) is 23.1 Å². The molecule has 2 nitrogen and oxygen atoms in total. The quantitative estimate of drug-likeness (QED) is 0.605. The van der Waals surface area contributed by atoms with Crippen LogP contribution in [0.4, 0.5) is 14.5 Å². The van der Waals surface area contributed by atoms with Crippen LogP contribution in [0.1, 0.15) is 25.3 Å². The van der Waals surface area contributed by atoms with Crippen molar-refractivity contribution in [3.05, 3.63) is 29.3 Å². The fourth-order valence-corrected chi connectivity index (χ4v) is 1.55. The third-order valence-electron chi connectivity index (χ3n) is 2.48. The summed E-state index contributed by atoms with van der Waals surface area (Å²) >= 11 is 0. The van der Waals surface area contributed by atoms with Crippen molar-refractivity contribution in [3.8, 4) is 0 Å². The molecule has 1 aliphatic rings. The average Bonchev–Trinajstić information content (AvgIpc) is 2.95. The van der Waals surface area contributed by atoms with E-state index in [1.807, 2.05) is 0 Å². The van der Waals surface area contributed by atoms with Crippen molar-refractivity contribution in [1.29, 1.82) is 0 Å². The highest BCUT2D eigenvalue weighted by Gasteiger charge is 2.20. The highest BCUT2D eigenvalue weighted by molar-refractivity contribution is 5.94. The van der Waals surface area contributed by atoms with Gasteiger partial charge in [-0.2, -0.15) is 0 Å². The second kappa shape index (κ2) is 4.20. The van der Waals surface area contributed by atoms with E-state index in [-0.39, 0.29) is 0 Å². The summed E-state index contributed by atoms with van der Waals surface area (Å²) in [6.45, 7) is 3.46. The van der Waals surface area contributed by atoms with E-state index in [1.54, 1.807) is 13.8 Å². The van der Waals surface area contributed by atoms with Crippen molar-refractivity contribution in [2.75, 3.05) is 5.32 Å². The monoisotopic (exact) mass is 224 g/mol. The third kappa shape index (κ3) is 2.56. The smallest absolute Gasteiger partial charge is 0.149 e. The number of aryl methyl sites for hydroxylation is 1. The molecule has 0 unspecified atom stereocenters. The lowest BCUT2D eigenvalue weighted by atomic mass is 10.2. The predicted octanol–water partition coefficient (Wildman–Crippen LogP) is 3.27. The Labute approximate surface area is 93.4 Å². The molecule has 0 bridgehead atoms. The summed E-state index contributed by atoms with van der Waals surface area (Å²) in [7, 11) is 0. The average molecular weight is 224 g/mol. The van der Waals surface area contributed by atoms with Crippen molar-refractivity contribution in [3.63, 3.8) is 0 Å². The zero-order chi connectivity index (χ0) is 11.7. The Hall–Kier alpha value is -1.45. The molecular formula is C12H14F2N2. The molecule has 0 amide bonds. The van der Waals surface area contributed by atoms with Crippen LogP contribution in [0.25, 0.3) is 0 Å². The van der Waals surface area contributed by atoms with Gasteiger partial charge in [0.1, 0.15) is 11.6 Å². The molecule has 0 aliphatic heterocycles. The number of benzene rings is 1. The summed E-state index contributed by atoms with van der Waals surface area (Å²) in [5.41, 5.74) is 0.853. The van der Waals surface area contributed by atoms with E-state index in [0.717, 1.165) is 18.9 Å². The van der Waals surface area contributed by atoms with Crippen LogP contribution >= 0.6 is 0 Å². The van der Waals surface area contributed by atoms with E-state index in [2.05, 4.69) is 10.3 Å². The van der Waals surface area contributed by atoms with Crippen LogP contribution in [0.2, 0.25) is 0 Å². The van der Waals surface area contributed by atoms with Crippen LogP contribution in [-0.2, 0) is 0 Å². The largest absolute Gasteiger partial charge is 0.342 e. The number of nitrogens with zero attached hydrogens (tertiary/aromatic N) is 1. The van der Waals surface area contributed by atoms with Gasteiger partial charge in [0.25, 0.3) is 0 Å². The van der Waals surface area contributed by atoms with E-state index >= 15 is 0 Å². The molecule has 0 radical (unpaired) electrons. The first-order chi connectivity index (χ1) is 7.56. The fraction of sp³-hybridized carbons (Fsp3) is 0.417. The molecule has 0 saturated heterocycles. The molecule has 4 heteroatoms. The van der Waals surface area contributed by atoms with Crippen LogP contribution in [0.5, 0.6) is 0 Å². The Balaban J connectivity index is 2.20. The zero-order valence-corrected chi connectivity index (χ0v) is 9.35. The minimum atomic E-state index is -0.581. The van der Waals surface area contributed by atoms with E-state index in [9.17, 15) is 8.78 Å². The second-order valence-corrected chi connectivity index (χ2v) is 4.15. The second-order valence-electron chi connectivity index (χ2n) is 4.15. The van der Waals surface area contributed by atoms with Crippen LogP contribution in [0.15, 0.2) is 17.1 Å². The van der Waals surface area contributed by atoms with Crippen molar-refractivity contribution >= 4 is 11.5 Å². The van der Waals surface area contributed by atoms with Gasteiger partial charge in [0.15, 0.2) is 0 Å². The van der Waals surface area contributed by atoms with Crippen molar-refractivity contribution < 1.29 is 8.78 Å². The van der Waals surface area contributed by atoms with Crippen molar-refractivity contribution in [2.45, 2.75) is 32.7 Å². The molecule has 1 aromatic rings. The number of amidine groups is 1.